The van der Waals surface area contributed by atoms with Gasteiger partial charge in [-0.3, -0.25) is 4.79 Å². The molecule has 0 aromatic carbocycles. The quantitative estimate of drug-likeness (QED) is 0.825. The number of nitrogens with zero attached hydrogens (tertiary/aromatic N) is 2. The third-order valence-electron chi connectivity index (χ3n) is 4.28. The van der Waals surface area contributed by atoms with Gasteiger partial charge in [0.25, 0.3) is 0 Å². The molecule has 0 bridgehead atoms. The van der Waals surface area contributed by atoms with Crippen LogP contribution in [0, 0.1) is 0 Å². The van der Waals surface area contributed by atoms with Crippen molar-refractivity contribution in [2.45, 2.75) is 44.8 Å². The van der Waals surface area contributed by atoms with Gasteiger partial charge in [0.15, 0.2) is 0 Å². The van der Waals surface area contributed by atoms with Gasteiger partial charge in [-0.05, 0) is 26.8 Å². The van der Waals surface area contributed by atoms with E-state index in [1.54, 1.807) is 0 Å². The highest BCUT2D eigenvalue weighted by molar-refractivity contribution is 5.81. The molecule has 116 valence electrons. The van der Waals surface area contributed by atoms with Crippen molar-refractivity contribution >= 4 is 5.91 Å². The molecule has 0 aromatic rings. The van der Waals surface area contributed by atoms with E-state index in [4.69, 9.17) is 4.74 Å². The number of morpholine rings is 1. The molecule has 2 heterocycles. The zero-order valence-corrected chi connectivity index (χ0v) is 12.9. The second-order valence-corrected chi connectivity index (χ2v) is 6.12. The van der Waals surface area contributed by atoms with E-state index in [-0.39, 0.29) is 18.1 Å². The first-order valence-electron chi connectivity index (χ1n) is 7.99. The predicted octanol–water partition coefficient (Wildman–Crippen LogP) is 0.698. The summed E-state index contributed by atoms with van der Waals surface area (Å²) in [6, 6.07) is -0.107. The summed E-state index contributed by atoms with van der Waals surface area (Å²) < 4.78 is 5.71. The van der Waals surface area contributed by atoms with E-state index in [2.05, 4.69) is 17.3 Å². The van der Waals surface area contributed by atoms with Gasteiger partial charge in [-0.15, -0.1) is 0 Å². The molecule has 2 aliphatic heterocycles. The van der Waals surface area contributed by atoms with Gasteiger partial charge >= 0.3 is 0 Å². The molecule has 0 radical (unpaired) electrons. The van der Waals surface area contributed by atoms with Crippen molar-refractivity contribution in [3.8, 4) is 0 Å². The van der Waals surface area contributed by atoms with Crippen molar-refractivity contribution in [2.75, 3.05) is 46.4 Å². The Labute approximate surface area is 122 Å². The summed E-state index contributed by atoms with van der Waals surface area (Å²) in [6.07, 6.45) is 5.01. The number of ether oxygens (including phenoxy) is 1. The van der Waals surface area contributed by atoms with E-state index in [0.29, 0.717) is 0 Å². The molecule has 2 aliphatic rings. The maximum atomic E-state index is 12.4. The average Bonchev–Trinajstić information content (AvgIpc) is 2.73. The van der Waals surface area contributed by atoms with Crippen molar-refractivity contribution in [1.82, 2.24) is 15.1 Å². The topological polar surface area (TPSA) is 44.8 Å². The third kappa shape index (κ3) is 4.72. The van der Waals surface area contributed by atoms with Gasteiger partial charge in [-0.2, -0.15) is 0 Å². The summed E-state index contributed by atoms with van der Waals surface area (Å²) in [5, 5.41) is 3.35. The molecule has 0 saturated carbocycles. The largest absolute Gasteiger partial charge is 0.374 e. The van der Waals surface area contributed by atoms with Crippen LogP contribution < -0.4 is 5.32 Å². The van der Waals surface area contributed by atoms with Gasteiger partial charge in [-0.25, -0.2) is 0 Å². The van der Waals surface area contributed by atoms with E-state index >= 15 is 0 Å². The van der Waals surface area contributed by atoms with Crippen LogP contribution in [0.1, 0.15) is 32.6 Å². The van der Waals surface area contributed by atoms with Crippen molar-refractivity contribution < 1.29 is 9.53 Å². The van der Waals surface area contributed by atoms with Crippen LogP contribution in [0.25, 0.3) is 0 Å². The third-order valence-corrected chi connectivity index (χ3v) is 4.28. The van der Waals surface area contributed by atoms with Crippen LogP contribution in [-0.4, -0.2) is 74.2 Å². The molecule has 20 heavy (non-hydrogen) atoms. The molecule has 0 aliphatic carbocycles. The molecule has 1 N–H and O–H groups in total. The number of likely N-dealkylation sites (tertiary alicyclic amines) is 1. The molecular weight excluding hydrogens is 254 g/mol. The summed E-state index contributed by atoms with van der Waals surface area (Å²) in [6.45, 7) is 7.31. The van der Waals surface area contributed by atoms with Gasteiger partial charge in [0.1, 0.15) is 0 Å². The molecular formula is C15H29N3O2. The van der Waals surface area contributed by atoms with E-state index in [1.807, 2.05) is 11.8 Å². The van der Waals surface area contributed by atoms with Crippen LogP contribution in [0.3, 0.4) is 0 Å². The van der Waals surface area contributed by atoms with Crippen LogP contribution in [0.4, 0.5) is 0 Å². The van der Waals surface area contributed by atoms with E-state index in [1.165, 1.54) is 12.8 Å². The van der Waals surface area contributed by atoms with Gasteiger partial charge in [0.2, 0.25) is 5.91 Å². The molecule has 2 saturated heterocycles. The molecule has 0 unspecified atom stereocenters. The van der Waals surface area contributed by atoms with Crippen LogP contribution in [0.5, 0.6) is 0 Å². The van der Waals surface area contributed by atoms with Gasteiger partial charge in [-0.1, -0.05) is 12.8 Å². The van der Waals surface area contributed by atoms with Crippen LogP contribution in [-0.2, 0) is 9.53 Å². The average molecular weight is 283 g/mol. The number of nitrogens with one attached hydrogen (secondary N) is 1. The van der Waals surface area contributed by atoms with Crippen LogP contribution in [0.2, 0.25) is 0 Å². The highest BCUT2D eigenvalue weighted by Gasteiger charge is 2.23. The second-order valence-electron chi connectivity index (χ2n) is 6.12. The Balaban J connectivity index is 1.72. The van der Waals surface area contributed by atoms with Crippen molar-refractivity contribution in [3.05, 3.63) is 0 Å². The van der Waals surface area contributed by atoms with E-state index in [0.717, 1.165) is 52.2 Å². The lowest BCUT2D eigenvalue weighted by Gasteiger charge is -2.31. The number of rotatable bonds is 4. The molecule has 0 spiro atoms. The Bertz CT molecular complexity index is 303. The lowest BCUT2D eigenvalue weighted by atomic mass is 10.2. The maximum Gasteiger partial charge on any atom is 0.239 e. The lowest BCUT2D eigenvalue weighted by molar-refractivity contribution is -0.133. The fourth-order valence-corrected chi connectivity index (χ4v) is 2.95. The number of likely N-dealkylation sites (N-methyl/N-ethyl adjacent to an activating group) is 1. The summed E-state index contributed by atoms with van der Waals surface area (Å²) in [5.74, 6) is 0.246. The number of carbonyl (C=O) groups excluding carboxylic acids is 1. The number of carbonyl (C=O) groups is 1. The smallest absolute Gasteiger partial charge is 0.239 e. The minimum atomic E-state index is -0.107. The first-order chi connectivity index (χ1) is 9.66. The lowest BCUT2D eigenvalue weighted by Crippen LogP contribution is -2.50. The molecule has 5 nitrogen and oxygen atoms in total. The Morgan fingerprint density at radius 3 is 2.60 bits per heavy atom. The van der Waals surface area contributed by atoms with Gasteiger partial charge in [0, 0.05) is 32.7 Å². The van der Waals surface area contributed by atoms with Crippen LogP contribution in [0.15, 0.2) is 0 Å². The minimum absolute atomic E-state index is 0.107. The fourth-order valence-electron chi connectivity index (χ4n) is 2.95. The minimum Gasteiger partial charge on any atom is -0.374 e. The van der Waals surface area contributed by atoms with Crippen molar-refractivity contribution in [1.29, 1.82) is 0 Å². The van der Waals surface area contributed by atoms with Crippen molar-refractivity contribution in [2.24, 2.45) is 0 Å². The standard InChI is InChI=1S/C15H29N3O2/c1-13(15(19)18-7-5-3-4-6-8-18)16-11-14-12-17(2)9-10-20-14/h13-14,16H,3-12H2,1-2H3/t13-,14-/m1/s1. The number of hydrogen-bond acceptors (Lipinski definition) is 4. The Morgan fingerprint density at radius 1 is 1.25 bits per heavy atom. The highest BCUT2D eigenvalue weighted by Crippen LogP contribution is 2.11. The Kier molecular flexibility index (Phi) is 6.26. The molecule has 2 fully saturated rings. The van der Waals surface area contributed by atoms with Crippen LogP contribution >= 0.6 is 0 Å². The Morgan fingerprint density at radius 2 is 1.95 bits per heavy atom. The molecule has 2 rings (SSSR count). The molecule has 5 heteroatoms. The molecule has 1 amide bonds. The first kappa shape index (κ1) is 15.7. The monoisotopic (exact) mass is 283 g/mol. The summed E-state index contributed by atoms with van der Waals surface area (Å²) >= 11 is 0. The number of hydrogen-bond donors (Lipinski definition) is 1. The van der Waals surface area contributed by atoms with E-state index in [9.17, 15) is 4.79 Å². The zero-order chi connectivity index (χ0) is 14.4. The zero-order valence-electron chi connectivity index (χ0n) is 12.9. The first-order valence-corrected chi connectivity index (χ1v) is 7.99. The highest BCUT2D eigenvalue weighted by atomic mass is 16.5. The van der Waals surface area contributed by atoms with Gasteiger partial charge in [0.05, 0.1) is 18.8 Å². The normalized spacial score (nSPS) is 27.1. The molecule has 2 atom stereocenters. The summed E-state index contributed by atoms with van der Waals surface area (Å²) in [5.41, 5.74) is 0. The Hall–Kier alpha value is -0.650. The van der Waals surface area contributed by atoms with E-state index < -0.39 is 0 Å². The SMILES string of the molecule is C[C@@H](NC[C@@H]1CN(C)CCO1)C(=O)N1CCCCCC1. The van der Waals surface area contributed by atoms with Gasteiger partial charge < -0.3 is 19.9 Å². The molecule has 0 aromatic heterocycles. The summed E-state index contributed by atoms with van der Waals surface area (Å²) in [7, 11) is 2.11. The number of amides is 1. The summed E-state index contributed by atoms with van der Waals surface area (Å²) in [4.78, 5) is 16.7. The fraction of sp³-hybridized carbons (Fsp3) is 0.933. The van der Waals surface area contributed by atoms with Crippen molar-refractivity contribution in [3.63, 3.8) is 0 Å². The second kappa shape index (κ2) is 7.96. The predicted molar refractivity (Wildman–Crippen MR) is 79.7 cm³/mol. The maximum absolute atomic E-state index is 12.4.